The Morgan fingerprint density at radius 2 is 0.786 bits per heavy atom. The maximum atomic E-state index is 12.8. The van der Waals surface area contributed by atoms with Gasteiger partial charge in [0.2, 0.25) is 0 Å². The fraction of sp³-hybridized carbons (Fsp3) is 0.280. The van der Waals surface area contributed by atoms with Gasteiger partial charge in [-0.2, -0.15) is 5.26 Å². The number of ether oxygens (including phenoxy) is 4. The van der Waals surface area contributed by atoms with E-state index in [1.807, 2.05) is 187 Å². The third-order valence-corrected chi connectivity index (χ3v) is 18.6. The van der Waals surface area contributed by atoms with Crippen LogP contribution in [0.25, 0.3) is 66.8 Å². The molecule has 13 rings (SSSR count). The van der Waals surface area contributed by atoms with Crippen LogP contribution in [0, 0.1) is 53.0 Å². The van der Waals surface area contributed by atoms with Crippen LogP contribution in [-0.2, 0) is 43.4 Å². The second-order valence-corrected chi connectivity index (χ2v) is 32.1. The molecule has 0 atom stereocenters. The molecule has 0 aliphatic rings. The topological polar surface area (TPSA) is 427 Å². The van der Waals surface area contributed by atoms with Gasteiger partial charge in [-0.1, -0.05) is 5.16 Å². The first kappa shape index (κ1) is 96.1. The molecule has 13 heterocycles. The van der Waals surface area contributed by atoms with Crippen molar-refractivity contribution in [1.82, 2.24) is 83.6 Å². The average molecular weight is 1710 g/mol. The summed E-state index contributed by atoms with van der Waals surface area (Å²) in [5.41, 5.74) is 24.4. The first-order valence-corrected chi connectivity index (χ1v) is 39.7. The summed E-state index contributed by atoms with van der Waals surface area (Å²) in [5.74, 6) is 0. The first-order chi connectivity index (χ1) is 59.8. The maximum Gasteiger partial charge on any atom is 0.419 e. The normalized spacial score (nSPS) is 11.0. The number of pyridine rings is 6. The van der Waals surface area contributed by atoms with Gasteiger partial charge in [-0.15, -0.1) is 0 Å². The fourth-order valence-electron chi connectivity index (χ4n) is 12.5. The molecule has 126 heavy (non-hydrogen) atoms. The SMILES string of the molecule is CO/N=C\c1c(C)c(-c2ccncc2)cn1C(=O)OC(C)(C)C.Cc1c(-c2ccncc2)c[nH]c1C=O.Cc1c(-c2ccncc2)c[nH]c1CNC(=O)NC#N.Cc1c(-c2ccncc2)cn(C(=O)OC(C)(C)C)c1C=O.Cc1c(-c2ccncc2)cn(C(=O)OC(C)(C)C)c1CN.Cc1c(-c2ccncc2)cn(C(=O)OC(C)(C)C)c1CNC(=O)n1ccnc1. The molecule has 13 aromatic heterocycles. The van der Waals surface area contributed by atoms with Gasteiger partial charge in [-0.3, -0.25) is 57.8 Å². The van der Waals surface area contributed by atoms with Gasteiger partial charge in [-0.25, -0.2) is 43.6 Å². The Morgan fingerprint density at radius 1 is 0.437 bits per heavy atom. The number of imidazole rings is 1. The number of H-pyrrole nitrogens is 2. The van der Waals surface area contributed by atoms with Gasteiger partial charge in [-0.05, 0) is 264 Å². The van der Waals surface area contributed by atoms with Gasteiger partial charge in [0.15, 0.2) is 18.8 Å². The number of carbonyl (C=O) groups is 8. The van der Waals surface area contributed by atoms with E-state index in [9.17, 15) is 38.4 Å². The number of rotatable bonds is 15. The Hall–Kier alpha value is -15.3. The lowest BCUT2D eigenvalue weighted by molar-refractivity contribution is 0.0521. The van der Waals surface area contributed by atoms with E-state index >= 15 is 0 Å². The molecule has 0 fully saturated rings. The molecule has 7 N–H and O–H groups in total. The highest BCUT2D eigenvalue weighted by Crippen LogP contribution is 2.34. The lowest BCUT2D eigenvalue weighted by Crippen LogP contribution is -2.32. The molecule has 0 saturated heterocycles. The Bertz CT molecular complexity index is 5900. The molecule has 0 spiro atoms. The highest BCUT2D eigenvalue weighted by molar-refractivity contribution is 5.92. The number of hydrogen-bond acceptors (Lipinski definition) is 23. The number of urea groups is 1. The molecule has 0 unspecified atom stereocenters. The minimum Gasteiger partial charge on any atom is -0.443 e. The Kier molecular flexibility index (Phi) is 33.5. The molecule has 0 saturated carbocycles. The summed E-state index contributed by atoms with van der Waals surface area (Å²) in [6, 6.07) is 21.8. The smallest absolute Gasteiger partial charge is 0.419 e. The third kappa shape index (κ3) is 26.8. The zero-order valence-electron chi connectivity index (χ0n) is 74.1. The minimum absolute atomic E-state index is 0.160. The zero-order chi connectivity index (χ0) is 92.2. The number of amides is 3. The molecule has 0 aromatic carbocycles. The van der Waals surface area contributed by atoms with Gasteiger partial charge in [0.1, 0.15) is 35.8 Å². The summed E-state index contributed by atoms with van der Waals surface area (Å²) in [7, 11) is 1.45. The number of hydrogen-bond donors (Lipinski definition) is 6. The second kappa shape index (κ2) is 43.9. The minimum atomic E-state index is -0.635. The van der Waals surface area contributed by atoms with Crippen LogP contribution in [0.3, 0.4) is 0 Å². The molecular weight excluding hydrogens is 1610 g/mol. The maximum absolute atomic E-state index is 12.8. The summed E-state index contributed by atoms with van der Waals surface area (Å²) < 4.78 is 28.7. The Morgan fingerprint density at radius 3 is 1.14 bits per heavy atom. The van der Waals surface area contributed by atoms with Crippen molar-refractivity contribution < 1.29 is 62.1 Å². The molecule has 3 amide bonds. The van der Waals surface area contributed by atoms with E-state index in [1.165, 1.54) is 48.7 Å². The number of nitrogens with one attached hydrogen (secondary N) is 5. The standard InChI is InChI=1S/C20H23N5O3.C17H21N3O3.C16H21N3O2.C16H18N2O3.C13H13N5O.C11H10N2O/c1-14-16(15-5-7-21-8-6-15)12-25(19(27)28-20(2,3)4)17(14)11-23-18(26)24-10-9-22-13-24;1-12-14(13-6-8-18-9-7-13)11-20(15(12)10-19-22-5)16(21)23-17(2,3)4;1-11-13(12-5-7-18-8-6-12)10-19(14(11)9-17)15(20)21-16(2,3)4;1-11-13(12-5-7-17-8-6-12)9-18(14(11)10-19)15(20)21-16(2,3)4;1-9-11(10-2-4-15-5-3-10)6-16-12(9)7-17-13(19)18-8-14;1-8-10(6-13-11(8)7-14)9-2-4-12-5-3-9/h5-10,12-13H,11H2,1-4H3,(H,23,26);6-11H,1-5H3;5-8,10H,9,17H2,1-4H3;5-10H,1-4H3;2-6,16H,7H2,1H3,(H2,17,18,19);2-7,13H,1H3/b;19-10-;;;;. The number of aromatic amines is 2. The van der Waals surface area contributed by atoms with E-state index in [4.69, 9.17) is 34.8 Å². The third-order valence-electron chi connectivity index (χ3n) is 18.6. The van der Waals surface area contributed by atoms with Gasteiger partial charge < -0.3 is 50.1 Å². The molecule has 33 heteroatoms. The number of nitrogens with two attached hydrogens (primary N) is 1. The molecule has 13 aromatic rings. The van der Waals surface area contributed by atoms with Gasteiger partial charge >= 0.3 is 36.4 Å². The van der Waals surface area contributed by atoms with Crippen molar-refractivity contribution in [2.24, 2.45) is 10.9 Å². The predicted octanol–water partition coefficient (Wildman–Crippen LogP) is 17.6. The van der Waals surface area contributed by atoms with E-state index in [0.29, 0.717) is 35.6 Å². The van der Waals surface area contributed by atoms with Crippen molar-refractivity contribution >= 4 is 55.2 Å². The monoisotopic (exact) mass is 1710 g/mol. The summed E-state index contributed by atoms with van der Waals surface area (Å²) >= 11 is 0. The van der Waals surface area contributed by atoms with Gasteiger partial charge in [0.25, 0.3) is 0 Å². The quantitative estimate of drug-likeness (QED) is 0.0139. The van der Waals surface area contributed by atoms with Crippen LogP contribution < -0.4 is 21.7 Å². The molecule has 33 nitrogen and oxygen atoms in total. The van der Waals surface area contributed by atoms with Crippen LogP contribution >= 0.6 is 0 Å². The van der Waals surface area contributed by atoms with E-state index in [2.05, 4.69) is 60.6 Å². The van der Waals surface area contributed by atoms with E-state index in [0.717, 1.165) is 118 Å². The number of aromatic nitrogens is 14. The van der Waals surface area contributed by atoms with Crippen LogP contribution in [0.1, 0.15) is 160 Å². The second-order valence-electron chi connectivity index (χ2n) is 32.1. The number of nitrogens with zero attached hydrogens (tertiary/aromatic N) is 14. The van der Waals surface area contributed by atoms with Crippen LogP contribution in [0.2, 0.25) is 0 Å². The van der Waals surface area contributed by atoms with Crippen molar-refractivity contribution in [2.45, 2.75) is 167 Å². The van der Waals surface area contributed by atoms with Crippen LogP contribution in [0.15, 0.2) is 208 Å². The molecular formula is C93H106N20O13. The van der Waals surface area contributed by atoms with E-state index < -0.39 is 52.8 Å². The fourth-order valence-corrected chi connectivity index (χ4v) is 12.5. The van der Waals surface area contributed by atoms with E-state index in [-0.39, 0.29) is 19.1 Å². The van der Waals surface area contributed by atoms with Gasteiger partial charge in [0, 0.05) is 175 Å². The molecule has 656 valence electrons. The summed E-state index contributed by atoms with van der Waals surface area (Å²) in [6.07, 6.45) is 38.3. The largest absolute Gasteiger partial charge is 0.443 e. The lowest BCUT2D eigenvalue weighted by atomic mass is 10.1. The van der Waals surface area contributed by atoms with Crippen molar-refractivity contribution in [1.29, 1.82) is 5.26 Å². The lowest BCUT2D eigenvalue weighted by Gasteiger charge is -2.20. The Labute approximate surface area is 730 Å². The molecule has 0 aliphatic heterocycles. The average Bonchev–Trinajstić information content (AvgIpc) is 1.66. The summed E-state index contributed by atoms with van der Waals surface area (Å²) in [6.45, 7) is 34.1. The van der Waals surface area contributed by atoms with E-state index in [1.54, 1.807) is 139 Å². The molecule has 0 bridgehead atoms. The van der Waals surface area contributed by atoms with Crippen LogP contribution in [0.4, 0.5) is 28.8 Å². The van der Waals surface area contributed by atoms with Crippen LogP contribution in [-0.4, -0.2) is 152 Å². The highest BCUT2D eigenvalue weighted by atomic mass is 16.6. The Balaban J connectivity index is 0.000000189. The van der Waals surface area contributed by atoms with Crippen molar-refractivity contribution in [2.75, 3.05) is 7.11 Å². The van der Waals surface area contributed by atoms with Crippen molar-refractivity contribution in [3.05, 3.63) is 271 Å². The van der Waals surface area contributed by atoms with Crippen LogP contribution in [0.5, 0.6) is 0 Å². The first-order valence-electron chi connectivity index (χ1n) is 39.7. The van der Waals surface area contributed by atoms with Crippen molar-refractivity contribution in [3.63, 3.8) is 0 Å². The number of oxime groups is 1. The van der Waals surface area contributed by atoms with Crippen molar-refractivity contribution in [3.8, 4) is 73.0 Å². The zero-order valence-corrected chi connectivity index (χ0v) is 74.1. The van der Waals surface area contributed by atoms with Gasteiger partial charge in [0.05, 0.1) is 42.1 Å². The predicted molar refractivity (Wildman–Crippen MR) is 478 cm³/mol. The summed E-state index contributed by atoms with van der Waals surface area (Å²) in [5, 5.41) is 19.5. The molecule has 0 aliphatic carbocycles. The highest BCUT2D eigenvalue weighted by Gasteiger charge is 2.28. The number of aldehydes is 2. The molecule has 0 radical (unpaired) electrons. The summed E-state index contributed by atoms with van der Waals surface area (Å²) in [4.78, 5) is 134. The number of nitriles is 1. The number of carbonyl (C=O) groups excluding carboxylic acids is 8.